The highest BCUT2D eigenvalue weighted by Gasteiger charge is 2.76. The predicted octanol–water partition coefficient (Wildman–Crippen LogP) is 1.61. The molecule has 0 radical (unpaired) electrons. The molecule has 3 N–H and O–H groups in total. The fourth-order valence-corrected chi connectivity index (χ4v) is 7.66. The van der Waals surface area contributed by atoms with Gasteiger partial charge in [-0.1, -0.05) is 27.4 Å². The summed E-state index contributed by atoms with van der Waals surface area (Å²) in [5, 5.41) is 33.7. The molecule has 9 atom stereocenters. The van der Waals surface area contributed by atoms with Crippen LogP contribution in [0.3, 0.4) is 0 Å². The summed E-state index contributed by atoms with van der Waals surface area (Å²) in [6, 6.07) is 0. The van der Waals surface area contributed by atoms with E-state index in [1.54, 1.807) is 0 Å². The summed E-state index contributed by atoms with van der Waals surface area (Å²) < 4.78 is 5.55. The Labute approximate surface area is 166 Å². The quantitative estimate of drug-likeness (QED) is 0.463. The molecule has 0 saturated heterocycles. The van der Waals surface area contributed by atoms with E-state index in [-0.39, 0.29) is 42.3 Å². The molecule has 28 heavy (non-hydrogen) atoms. The Morgan fingerprint density at radius 3 is 2.32 bits per heavy atom. The number of Topliss-reactive ketones (excluding diaryl/α,β-unsaturated/α-hetero) is 1. The van der Waals surface area contributed by atoms with Crippen LogP contribution in [0.25, 0.3) is 0 Å². The number of hydrogen-bond acceptors (Lipinski definition) is 6. The van der Waals surface area contributed by atoms with Crippen molar-refractivity contribution in [3.05, 3.63) is 12.2 Å². The molecule has 0 aromatic rings. The second kappa shape index (κ2) is 5.89. The van der Waals surface area contributed by atoms with Crippen molar-refractivity contribution in [2.45, 2.75) is 77.8 Å². The Hall–Kier alpha value is -1.24. The molecule has 2 bridgehead atoms. The van der Waals surface area contributed by atoms with Gasteiger partial charge in [-0.3, -0.25) is 9.59 Å². The number of ether oxygens (including phenoxy) is 1. The lowest BCUT2D eigenvalue weighted by molar-refractivity contribution is -0.270. The number of carbonyl (C=O) groups is 2. The van der Waals surface area contributed by atoms with Crippen LogP contribution in [0, 0.1) is 34.0 Å². The normalized spacial score (nSPS) is 52.0. The predicted molar refractivity (Wildman–Crippen MR) is 101 cm³/mol. The number of aliphatic hydroxyl groups is 3. The lowest BCUT2D eigenvalue weighted by Crippen LogP contribution is -2.71. The number of fused-ring (bicyclic) bond motifs is 3. The number of ketones is 1. The fourth-order valence-electron chi connectivity index (χ4n) is 7.66. The van der Waals surface area contributed by atoms with Gasteiger partial charge >= 0.3 is 5.97 Å². The van der Waals surface area contributed by atoms with Crippen LogP contribution in [0.1, 0.15) is 53.4 Å². The Kier molecular flexibility index (Phi) is 4.22. The summed E-state index contributed by atoms with van der Waals surface area (Å²) in [6.07, 6.45) is -1.38. The van der Waals surface area contributed by atoms with Gasteiger partial charge in [0.2, 0.25) is 0 Å². The summed E-state index contributed by atoms with van der Waals surface area (Å²) in [7, 11) is 0. The van der Waals surface area contributed by atoms with Crippen molar-refractivity contribution in [3.63, 3.8) is 0 Å². The molecule has 0 heterocycles. The smallest absolute Gasteiger partial charge is 0.302 e. The van der Waals surface area contributed by atoms with E-state index in [4.69, 9.17) is 4.74 Å². The number of aliphatic hydroxyl groups excluding tert-OH is 3. The minimum absolute atomic E-state index is 0.163. The third kappa shape index (κ3) is 2.09. The largest absolute Gasteiger partial charge is 0.462 e. The van der Waals surface area contributed by atoms with Gasteiger partial charge in [0, 0.05) is 30.1 Å². The van der Waals surface area contributed by atoms with Gasteiger partial charge in [0.15, 0.2) is 5.78 Å². The van der Waals surface area contributed by atoms with Crippen molar-refractivity contribution in [1.82, 2.24) is 0 Å². The number of carbonyl (C=O) groups excluding carboxylic acids is 2. The first-order chi connectivity index (χ1) is 12.9. The third-order valence-electron chi connectivity index (χ3n) is 9.05. The van der Waals surface area contributed by atoms with E-state index >= 15 is 0 Å². The molecular weight excluding hydrogens is 360 g/mol. The zero-order valence-corrected chi connectivity index (χ0v) is 17.1. The van der Waals surface area contributed by atoms with Crippen molar-refractivity contribution in [2.75, 3.05) is 0 Å². The monoisotopic (exact) mass is 392 g/mol. The molecule has 6 heteroatoms. The van der Waals surface area contributed by atoms with Crippen LogP contribution in [0.2, 0.25) is 0 Å². The highest BCUT2D eigenvalue weighted by molar-refractivity contribution is 6.04. The summed E-state index contributed by atoms with van der Waals surface area (Å²) in [5.74, 6) is -1.43. The maximum atomic E-state index is 13.3. The van der Waals surface area contributed by atoms with Crippen LogP contribution in [-0.4, -0.2) is 51.5 Å². The van der Waals surface area contributed by atoms with Gasteiger partial charge in [-0.2, -0.15) is 0 Å². The van der Waals surface area contributed by atoms with E-state index in [0.717, 1.165) is 0 Å². The van der Waals surface area contributed by atoms with E-state index in [1.807, 2.05) is 20.8 Å². The number of hydrogen-bond donors (Lipinski definition) is 3. The minimum Gasteiger partial charge on any atom is -0.462 e. The van der Waals surface area contributed by atoms with Crippen molar-refractivity contribution < 1.29 is 29.6 Å². The van der Waals surface area contributed by atoms with Crippen LogP contribution in [0.15, 0.2) is 12.2 Å². The standard InChI is InChI=1S/C22H32O6/c1-10-12-6-7-13-21(5)14(8-16(25)22(13,18(10)26)19(12)27)20(3,4)17(9-15(21)24)28-11(2)23/h12-17,19,24-25,27H,1,6-9H2,2-5H3/t12-,13-,14+,15-,16+,17-,19-,21-,22-/m0/s1. The highest BCUT2D eigenvalue weighted by Crippen LogP contribution is 2.71. The molecule has 4 fully saturated rings. The molecular formula is C22H32O6. The van der Waals surface area contributed by atoms with Gasteiger partial charge in [0.1, 0.15) is 6.10 Å². The van der Waals surface area contributed by atoms with Crippen molar-refractivity contribution in [2.24, 2.45) is 34.0 Å². The molecule has 4 rings (SSSR count). The van der Waals surface area contributed by atoms with Crippen LogP contribution < -0.4 is 0 Å². The summed E-state index contributed by atoms with van der Waals surface area (Å²) >= 11 is 0. The summed E-state index contributed by atoms with van der Waals surface area (Å²) in [5.41, 5.74) is -2.02. The SMILES string of the molecule is C=C1C(=O)[C@@]23[C@H](O)C[C@@H]4C(C)(C)[C@@H](OC(C)=O)C[C@H](O)[C@@]4(C)[C@@H]2CC[C@@H]1[C@@H]3O. The fraction of sp³-hybridized carbons (Fsp3) is 0.818. The van der Waals surface area contributed by atoms with Gasteiger partial charge in [-0.25, -0.2) is 0 Å². The molecule has 4 aliphatic carbocycles. The Morgan fingerprint density at radius 1 is 1.07 bits per heavy atom. The van der Waals surface area contributed by atoms with Crippen molar-refractivity contribution in [1.29, 1.82) is 0 Å². The molecule has 0 aliphatic heterocycles. The molecule has 4 aliphatic rings. The van der Waals surface area contributed by atoms with Gasteiger partial charge in [0.25, 0.3) is 0 Å². The highest BCUT2D eigenvalue weighted by atomic mass is 16.5. The first-order valence-electron chi connectivity index (χ1n) is 10.4. The van der Waals surface area contributed by atoms with E-state index in [0.29, 0.717) is 18.4 Å². The zero-order valence-electron chi connectivity index (χ0n) is 17.1. The zero-order chi connectivity index (χ0) is 20.8. The molecule has 0 aromatic carbocycles. The second-order valence-electron chi connectivity index (χ2n) is 10.3. The molecule has 6 nitrogen and oxygen atoms in total. The molecule has 4 saturated carbocycles. The molecule has 156 valence electrons. The van der Waals surface area contributed by atoms with Crippen molar-refractivity contribution in [3.8, 4) is 0 Å². The van der Waals surface area contributed by atoms with Crippen molar-refractivity contribution >= 4 is 11.8 Å². The lowest BCUT2D eigenvalue weighted by atomic mass is 9.38. The maximum absolute atomic E-state index is 13.3. The van der Waals surface area contributed by atoms with E-state index < -0.39 is 40.7 Å². The molecule has 0 aromatic heterocycles. The van der Waals surface area contributed by atoms with Crippen LogP contribution >= 0.6 is 0 Å². The average molecular weight is 392 g/mol. The molecule has 0 amide bonds. The second-order valence-corrected chi connectivity index (χ2v) is 10.3. The molecule has 0 unspecified atom stereocenters. The summed E-state index contributed by atoms with van der Waals surface area (Å²) in [6.45, 7) is 11.3. The topological polar surface area (TPSA) is 104 Å². The Morgan fingerprint density at radius 2 is 1.71 bits per heavy atom. The van der Waals surface area contributed by atoms with E-state index in [9.17, 15) is 24.9 Å². The van der Waals surface area contributed by atoms with E-state index in [1.165, 1.54) is 6.92 Å². The number of rotatable bonds is 1. The maximum Gasteiger partial charge on any atom is 0.302 e. The van der Waals surface area contributed by atoms with Gasteiger partial charge in [0.05, 0.1) is 23.7 Å². The van der Waals surface area contributed by atoms with Gasteiger partial charge < -0.3 is 20.1 Å². The average Bonchev–Trinajstić information content (AvgIpc) is 2.71. The van der Waals surface area contributed by atoms with Gasteiger partial charge in [-0.05, 0) is 36.7 Å². The molecule has 1 spiro atoms. The Bertz CT molecular complexity index is 743. The Balaban J connectivity index is 1.84. The van der Waals surface area contributed by atoms with Crippen LogP contribution in [0.5, 0.6) is 0 Å². The van der Waals surface area contributed by atoms with Crippen LogP contribution in [-0.2, 0) is 14.3 Å². The first kappa shape index (κ1) is 20.0. The van der Waals surface area contributed by atoms with Crippen LogP contribution in [0.4, 0.5) is 0 Å². The minimum atomic E-state index is -1.28. The first-order valence-corrected chi connectivity index (χ1v) is 10.4. The third-order valence-corrected chi connectivity index (χ3v) is 9.05. The van der Waals surface area contributed by atoms with E-state index in [2.05, 4.69) is 6.58 Å². The van der Waals surface area contributed by atoms with Gasteiger partial charge in [-0.15, -0.1) is 0 Å². The number of esters is 1. The summed E-state index contributed by atoms with van der Waals surface area (Å²) in [4.78, 5) is 24.9. The lowest BCUT2D eigenvalue weighted by Gasteiger charge is -2.67.